The number of aromatic nitrogens is 2. The second-order valence-electron chi connectivity index (χ2n) is 8.16. The lowest BCUT2D eigenvalue weighted by molar-refractivity contribution is 0.0487. The van der Waals surface area contributed by atoms with Gasteiger partial charge in [-0.15, -0.1) is 0 Å². The lowest BCUT2D eigenvalue weighted by atomic mass is 10.0. The van der Waals surface area contributed by atoms with E-state index >= 15 is 0 Å². The molecular weight excluding hydrogens is 392 g/mol. The molecule has 1 unspecified atom stereocenters. The summed E-state index contributed by atoms with van der Waals surface area (Å²) in [6.07, 6.45) is 3.93. The minimum atomic E-state index is -0.0660. The SMILES string of the molecule is CC(C)OCc1ccc(C(=O)N2CCN(C(c3ccccc3)c3nccn3C)CC2)o1. The summed E-state index contributed by atoms with van der Waals surface area (Å²) in [7, 11) is 2.02. The number of hydrogen-bond donors (Lipinski definition) is 0. The number of amides is 1. The number of carbonyl (C=O) groups excluding carboxylic acids is 1. The molecule has 3 aromatic rings. The number of benzene rings is 1. The van der Waals surface area contributed by atoms with Crippen LogP contribution in [0.3, 0.4) is 0 Å². The van der Waals surface area contributed by atoms with E-state index < -0.39 is 0 Å². The Hall–Kier alpha value is -2.90. The van der Waals surface area contributed by atoms with E-state index in [0.29, 0.717) is 31.2 Å². The third-order valence-corrected chi connectivity index (χ3v) is 5.62. The van der Waals surface area contributed by atoms with Gasteiger partial charge in [-0.1, -0.05) is 30.3 Å². The van der Waals surface area contributed by atoms with E-state index in [1.807, 2.05) is 50.3 Å². The summed E-state index contributed by atoms with van der Waals surface area (Å²) in [4.78, 5) is 21.8. The minimum Gasteiger partial charge on any atom is -0.453 e. The first-order valence-corrected chi connectivity index (χ1v) is 10.8. The zero-order valence-corrected chi connectivity index (χ0v) is 18.4. The maximum Gasteiger partial charge on any atom is 0.289 e. The Labute approximate surface area is 183 Å². The number of hydrogen-bond acceptors (Lipinski definition) is 5. The molecule has 7 nitrogen and oxygen atoms in total. The fraction of sp³-hybridized carbons (Fsp3) is 0.417. The van der Waals surface area contributed by atoms with Crippen molar-refractivity contribution in [3.63, 3.8) is 0 Å². The van der Waals surface area contributed by atoms with E-state index in [4.69, 9.17) is 9.15 Å². The van der Waals surface area contributed by atoms with Gasteiger partial charge in [0, 0.05) is 45.6 Å². The van der Waals surface area contributed by atoms with Crippen LogP contribution in [0, 0.1) is 0 Å². The Morgan fingerprint density at radius 1 is 1.10 bits per heavy atom. The summed E-state index contributed by atoms with van der Waals surface area (Å²) in [5.41, 5.74) is 1.21. The van der Waals surface area contributed by atoms with Crippen molar-refractivity contribution in [2.24, 2.45) is 7.05 Å². The van der Waals surface area contributed by atoms with Crippen LogP contribution in [-0.4, -0.2) is 57.5 Å². The summed E-state index contributed by atoms with van der Waals surface area (Å²) in [6, 6.07) is 14.0. The normalized spacial score (nSPS) is 16.1. The molecule has 1 fully saturated rings. The summed E-state index contributed by atoms with van der Waals surface area (Å²) in [5.74, 6) is 1.99. The maximum absolute atomic E-state index is 12.9. The van der Waals surface area contributed by atoms with Gasteiger partial charge in [-0.25, -0.2) is 4.98 Å². The fourth-order valence-electron chi connectivity index (χ4n) is 3.96. The average molecular weight is 423 g/mol. The molecule has 4 rings (SSSR count). The average Bonchev–Trinajstić information content (AvgIpc) is 3.43. The Morgan fingerprint density at radius 2 is 1.84 bits per heavy atom. The van der Waals surface area contributed by atoms with E-state index in [1.54, 1.807) is 6.07 Å². The fourth-order valence-corrected chi connectivity index (χ4v) is 3.96. The number of imidazole rings is 1. The van der Waals surface area contributed by atoms with Crippen molar-refractivity contribution >= 4 is 5.91 Å². The monoisotopic (exact) mass is 422 g/mol. The third-order valence-electron chi connectivity index (χ3n) is 5.62. The molecule has 0 spiro atoms. The van der Waals surface area contributed by atoms with Crippen molar-refractivity contribution in [3.05, 3.63) is 77.8 Å². The van der Waals surface area contributed by atoms with Crippen molar-refractivity contribution in [2.75, 3.05) is 26.2 Å². The molecule has 2 aromatic heterocycles. The van der Waals surface area contributed by atoms with Crippen LogP contribution in [0.1, 0.15) is 47.6 Å². The Morgan fingerprint density at radius 3 is 2.48 bits per heavy atom. The number of furan rings is 1. The van der Waals surface area contributed by atoms with Crippen LogP contribution >= 0.6 is 0 Å². The van der Waals surface area contributed by atoms with Crippen molar-refractivity contribution in [1.29, 1.82) is 0 Å². The van der Waals surface area contributed by atoms with Gasteiger partial charge in [-0.3, -0.25) is 9.69 Å². The second-order valence-corrected chi connectivity index (χ2v) is 8.16. The van der Waals surface area contributed by atoms with Crippen LogP contribution in [0.4, 0.5) is 0 Å². The molecule has 0 N–H and O–H groups in total. The molecular formula is C24H30N4O3. The van der Waals surface area contributed by atoms with Crippen LogP contribution in [0.5, 0.6) is 0 Å². The summed E-state index contributed by atoms with van der Waals surface area (Å²) in [5, 5.41) is 0. The summed E-state index contributed by atoms with van der Waals surface area (Å²) in [6.45, 7) is 7.14. The topological polar surface area (TPSA) is 63.7 Å². The van der Waals surface area contributed by atoms with E-state index in [-0.39, 0.29) is 18.1 Å². The molecule has 164 valence electrons. The van der Waals surface area contributed by atoms with Gasteiger partial charge in [0.25, 0.3) is 5.91 Å². The highest BCUT2D eigenvalue weighted by molar-refractivity contribution is 5.91. The predicted octanol–water partition coefficient (Wildman–Crippen LogP) is 3.49. The highest BCUT2D eigenvalue weighted by Gasteiger charge is 2.31. The molecule has 3 heterocycles. The molecule has 1 saturated heterocycles. The first-order valence-electron chi connectivity index (χ1n) is 10.8. The van der Waals surface area contributed by atoms with Crippen LogP contribution in [-0.2, 0) is 18.4 Å². The van der Waals surface area contributed by atoms with Gasteiger partial charge in [0.05, 0.1) is 12.1 Å². The van der Waals surface area contributed by atoms with Gasteiger partial charge >= 0.3 is 0 Å². The van der Waals surface area contributed by atoms with Crippen LogP contribution < -0.4 is 0 Å². The van der Waals surface area contributed by atoms with Crippen LogP contribution in [0.2, 0.25) is 0 Å². The maximum atomic E-state index is 12.9. The zero-order valence-electron chi connectivity index (χ0n) is 18.4. The Kier molecular flexibility index (Phi) is 6.53. The van der Waals surface area contributed by atoms with E-state index in [2.05, 4.69) is 38.7 Å². The smallest absolute Gasteiger partial charge is 0.289 e. The molecule has 1 aromatic carbocycles. The largest absolute Gasteiger partial charge is 0.453 e. The number of nitrogens with zero attached hydrogens (tertiary/aromatic N) is 4. The molecule has 1 aliphatic heterocycles. The lowest BCUT2D eigenvalue weighted by Crippen LogP contribution is -2.50. The lowest BCUT2D eigenvalue weighted by Gasteiger charge is -2.39. The van der Waals surface area contributed by atoms with Gasteiger partial charge in [0.2, 0.25) is 0 Å². The van der Waals surface area contributed by atoms with Crippen LogP contribution in [0.25, 0.3) is 0 Å². The van der Waals surface area contributed by atoms with Crippen molar-refractivity contribution in [1.82, 2.24) is 19.4 Å². The summed E-state index contributed by atoms with van der Waals surface area (Å²) >= 11 is 0. The van der Waals surface area contributed by atoms with Crippen LogP contribution in [0.15, 0.2) is 59.3 Å². The molecule has 1 atom stereocenters. The molecule has 1 amide bonds. The number of ether oxygens (including phenoxy) is 1. The van der Waals surface area contributed by atoms with Gasteiger partial charge in [0.1, 0.15) is 18.2 Å². The van der Waals surface area contributed by atoms with Gasteiger partial charge in [-0.2, -0.15) is 0 Å². The summed E-state index contributed by atoms with van der Waals surface area (Å²) < 4.78 is 13.4. The molecule has 0 radical (unpaired) electrons. The van der Waals surface area contributed by atoms with Gasteiger partial charge < -0.3 is 18.6 Å². The molecule has 7 heteroatoms. The number of rotatable bonds is 7. The minimum absolute atomic E-state index is 0.0573. The molecule has 1 aliphatic rings. The first kappa shape index (κ1) is 21.3. The van der Waals surface area contributed by atoms with E-state index in [1.165, 1.54) is 5.56 Å². The zero-order chi connectivity index (χ0) is 21.8. The van der Waals surface area contributed by atoms with Crippen molar-refractivity contribution in [3.8, 4) is 0 Å². The molecule has 31 heavy (non-hydrogen) atoms. The quantitative estimate of drug-likeness (QED) is 0.583. The number of aryl methyl sites for hydroxylation is 1. The van der Waals surface area contributed by atoms with Crippen molar-refractivity contribution in [2.45, 2.75) is 32.6 Å². The first-order chi connectivity index (χ1) is 15.0. The number of piperazine rings is 1. The highest BCUT2D eigenvalue weighted by Crippen LogP contribution is 2.28. The Bertz CT molecular complexity index is 987. The molecule has 0 aliphatic carbocycles. The molecule has 0 saturated carbocycles. The van der Waals surface area contributed by atoms with Gasteiger partial charge in [-0.05, 0) is 31.5 Å². The molecule has 0 bridgehead atoms. The highest BCUT2D eigenvalue weighted by atomic mass is 16.5. The standard InChI is InChI=1S/C24H30N4O3/c1-18(2)30-17-20-9-10-21(31-20)24(29)28-15-13-27(14-16-28)22(19-7-5-4-6-8-19)23-25-11-12-26(23)3/h4-12,18,22H,13-17H2,1-3H3. The van der Waals surface area contributed by atoms with E-state index in [0.717, 1.165) is 18.9 Å². The third kappa shape index (κ3) is 4.89. The predicted molar refractivity (Wildman–Crippen MR) is 118 cm³/mol. The van der Waals surface area contributed by atoms with Gasteiger partial charge in [0.15, 0.2) is 5.76 Å². The van der Waals surface area contributed by atoms with E-state index in [9.17, 15) is 4.79 Å². The Balaban J connectivity index is 1.43. The van der Waals surface area contributed by atoms with Crippen molar-refractivity contribution < 1.29 is 13.9 Å². The number of carbonyl (C=O) groups is 1. The second kappa shape index (κ2) is 9.49.